The van der Waals surface area contributed by atoms with E-state index in [2.05, 4.69) is 6.92 Å². The zero-order valence-corrected chi connectivity index (χ0v) is 9.71. The molecule has 1 fully saturated rings. The third-order valence-electron chi connectivity index (χ3n) is 2.22. The van der Waals surface area contributed by atoms with E-state index in [1.807, 2.05) is 0 Å². The minimum absolute atomic E-state index is 1.03. The van der Waals surface area contributed by atoms with Crippen molar-refractivity contribution in [2.24, 2.45) is 5.92 Å². The molecule has 0 radical (unpaired) electrons. The number of hydrogen-bond donors (Lipinski definition) is 0. The van der Waals surface area contributed by atoms with Crippen LogP contribution in [0, 0.1) is 5.92 Å². The van der Waals surface area contributed by atoms with Crippen molar-refractivity contribution in [3.8, 4) is 0 Å². The van der Waals surface area contributed by atoms with E-state index in [0.29, 0.717) is 0 Å². The summed E-state index contributed by atoms with van der Waals surface area (Å²) in [4.78, 5) is 0. The topological polar surface area (TPSA) is 0 Å². The van der Waals surface area contributed by atoms with Crippen molar-refractivity contribution in [2.75, 3.05) is 0 Å². The third-order valence-corrected chi connectivity index (χ3v) is 3.68. The van der Waals surface area contributed by atoms with Crippen molar-refractivity contribution in [1.29, 1.82) is 0 Å². The normalized spacial score (nSPS) is 22.1. The molecule has 0 N–H and O–H groups in total. The van der Waals surface area contributed by atoms with Gasteiger partial charge in [-0.15, -0.1) is 0 Å². The molecule has 1 aliphatic rings. The molecule has 0 atom stereocenters. The molecule has 1 rings (SSSR count). The molecule has 0 aromatic carbocycles. The predicted octanol–water partition coefficient (Wildman–Crippen LogP) is 2.31. The van der Waals surface area contributed by atoms with Crippen LogP contribution in [0.25, 0.3) is 0 Å². The molecule has 1 heteroatoms. The quantitative estimate of drug-likeness (QED) is 0.650. The van der Waals surface area contributed by atoms with Crippen LogP contribution in [-0.2, 0) is 23.9 Å². The molecule has 0 heterocycles. The van der Waals surface area contributed by atoms with E-state index in [1.54, 1.807) is 3.26 Å². The zero-order chi connectivity index (χ0) is 6.69. The fourth-order valence-electron chi connectivity index (χ4n) is 1.54. The van der Waals surface area contributed by atoms with Crippen LogP contribution < -0.4 is 0 Å². The Balaban J connectivity index is 2.31. The first-order chi connectivity index (χ1) is 4.30. The summed E-state index contributed by atoms with van der Waals surface area (Å²) < 4.78 is 1.79. The molecule has 0 aromatic heterocycles. The molecule has 0 amide bonds. The van der Waals surface area contributed by atoms with Crippen LogP contribution in [0.4, 0.5) is 0 Å². The Morgan fingerprint density at radius 2 is 1.78 bits per heavy atom. The predicted molar refractivity (Wildman–Crippen MR) is 37.3 cm³/mol. The second-order valence-corrected chi connectivity index (χ2v) is 5.85. The SMILES string of the molecule is C[C](=[Hf+2])C1CCCCC1. The molecule has 1 saturated carbocycles. The fourth-order valence-corrected chi connectivity index (χ4v) is 2.57. The van der Waals surface area contributed by atoms with Gasteiger partial charge in [0.25, 0.3) is 0 Å². The molecule has 0 aliphatic heterocycles. The fraction of sp³-hybridized carbons (Fsp3) is 0.875. The van der Waals surface area contributed by atoms with Crippen LogP contribution in [0.3, 0.4) is 0 Å². The molecule has 1 aliphatic carbocycles. The molecule has 0 unspecified atom stereocenters. The van der Waals surface area contributed by atoms with E-state index < -0.39 is 0 Å². The molecular weight excluding hydrogens is 275 g/mol. The van der Waals surface area contributed by atoms with Gasteiger partial charge >= 0.3 is 72.1 Å². The first-order valence-electron chi connectivity index (χ1n) is 3.86. The van der Waals surface area contributed by atoms with E-state index in [9.17, 15) is 0 Å². The van der Waals surface area contributed by atoms with Crippen LogP contribution in [0.5, 0.6) is 0 Å². The second-order valence-electron chi connectivity index (χ2n) is 3.02. The van der Waals surface area contributed by atoms with E-state index in [-0.39, 0.29) is 0 Å². The molecule has 48 valence electrons. The van der Waals surface area contributed by atoms with Crippen LogP contribution in [0.1, 0.15) is 39.0 Å². The van der Waals surface area contributed by atoms with Gasteiger partial charge in [0.2, 0.25) is 0 Å². The third kappa shape index (κ3) is 2.45. The Morgan fingerprint density at radius 1 is 1.22 bits per heavy atom. The van der Waals surface area contributed by atoms with Crippen LogP contribution in [0.15, 0.2) is 0 Å². The molecule has 0 nitrogen and oxygen atoms in total. The van der Waals surface area contributed by atoms with Gasteiger partial charge in [-0.25, -0.2) is 0 Å². The van der Waals surface area contributed by atoms with Crippen molar-refractivity contribution >= 4 is 3.26 Å². The molecule has 0 spiro atoms. The molecule has 0 aromatic rings. The monoisotopic (exact) mass is 290 g/mol. The summed E-state index contributed by atoms with van der Waals surface area (Å²) in [5, 5.41) is 0. The summed E-state index contributed by atoms with van der Waals surface area (Å²) in [5.74, 6) is 1.03. The average molecular weight is 289 g/mol. The summed E-state index contributed by atoms with van der Waals surface area (Å²) in [6.07, 6.45) is 7.46. The van der Waals surface area contributed by atoms with Crippen molar-refractivity contribution in [3.05, 3.63) is 0 Å². The van der Waals surface area contributed by atoms with Gasteiger partial charge in [-0.2, -0.15) is 0 Å². The van der Waals surface area contributed by atoms with Crippen molar-refractivity contribution in [1.82, 2.24) is 0 Å². The zero-order valence-electron chi connectivity index (χ0n) is 6.11. The van der Waals surface area contributed by atoms with Gasteiger partial charge < -0.3 is 0 Å². The number of hydrogen-bond acceptors (Lipinski definition) is 0. The van der Waals surface area contributed by atoms with E-state index in [4.69, 9.17) is 0 Å². The van der Waals surface area contributed by atoms with Gasteiger partial charge in [0.1, 0.15) is 0 Å². The van der Waals surface area contributed by atoms with Gasteiger partial charge in [-0.1, -0.05) is 0 Å². The first-order valence-corrected chi connectivity index (χ1v) is 5.65. The maximum atomic E-state index is 2.34. The summed E-state index contributed by atoms with van der Waals surface area (Å²) in [6.45, 7) is 2.34. The van der Waals surface area contributed by atoms with Crippen LogP contribution >= 0.6 is 0 Å². The van der Waals surface area contributed by atoms with Crippen molar-refractivity contribution in [3.63, 3.8) is 0 Å². The molecular formula is C8H14Hf+2. The Bertz CT molecular complexity index is 101. The molecule has 0 saturated heterocycles. The number of rotatable bonds is 1. The Morgan fingerprint density at radius 3 is 2.11 bits per heavy atom. The Hall–Kier alpha value is 0.740. The Kier molecular flexibility index (Phi) is 3.31. The van der Waals surface area contributed by atoms with Gasteiger partial charge in [0.05, 0.1) is 0 Å². The van der Waals surface area contributed by atoms with Crippen molar-refractivity contribution in [2.45, 2.75) is 39.0 Å². The van der Waals surface area contributed by atoms with Gasteiger partial charge in [0.15, 0.2) is 0 Å². The maximum absolute atomic E-state index is 2.34. The Labute approximate surface area is 72.1 Å². The average Bonchev–Trinajstić information content (AvgIpc) is 1.90. The minimum atomic E-state index is 1.03. The standard InChI is InChI=1S/C8H14.Hf/c1-2-8-6-4-3-5-7-8;/h8H,3-7H2,1H3;/q;+2. The van der Waals surface area contributed by atoms with Crippen molar-refractivity contribution < 1.29 is 23.9 Å². The van der Waals surface area contributed by atoms with Gasteiger partial charge in [0, 0.05) is 0 Å². The van der Waals surface area contributed by atoms with Gasteiger partial charge in [-0.05, 0) is 0 Å². The first kappa shape index (κ1) is 7.84. The summed E-state index contributed by atoms with van der Waals surface area (Å²) in [7, 11) is 0. The second kappa shape index (κ2) is 3.80. The molecule has 0 bridgehead atoms. The van der Waals surface area contributed by atoms with Crippen LogP contribution in [0.2, 0.25) is 0 Å². The van der Waals surface area contributed by atoms with Gasteiger partial charge in [-0.3, -0.25) is 0 Å². The summed E-state index contributed by atoms with van der Waals surface area (Å²) >= 11 is 1.33. The van der Waals surface area contributed by atoms with E-state index in [1.165, 1.54) is 56.0 Å². The summed E-state index contributed by atoms with van der Waals surface area (Å²) in [6, 6.07) is 0. The summed E-state index contributed by atoms with van der Waals surface area (Å²) in [5.41, 5.74) is 0. The van der Waals surface area contributed by atoms with E-state index >= 15 is 0 Å². The van der Waals surface area contributed by atoms with Crippen LogP contribution in [-0.4, -0.2) is 3.26 Å². The van der Waals surface area contributed by atoms with E-state index in [0.717, 1.165) is 5.92 Å². The molecule has 9 heavy (non-hydrogen) atoms.